The van der Waals surface area contributed by atoms with Gasteiger partial charge in [-0.05, 0) is 65.0 Å². The van der Waals surface area contributed by atoms with Crippen LogP contribution in [0.15, 0.2) is 27.1 Å². The van der Waals surface area contributed by atoms with Crippen molar-refractivity contribution < 1.29 is 0 Å². The van der Waals surface area contributed by atoms with Gasteiger partial charge in [0.1, 0.15) is 5.58 Å². The van der Waals surface area contributed by atoms with Crippen molar-refractivity contribution in [3.8, 4) is 0 Å². The highest BCUT2D eigenvalue weighted by Gasteiger charge is 2.70. The molecule has 0 bridgehead atoms. The maximum absolute atomic E-state index is 7.75. The highest BCUT2D eigenvalue weighted by molar-refractivity contribution is 8.10. The quantitative estimate of drug-likeness (QED) is 0.279. The smallest absolute Gasteiger partial charge is 0.142 e. The largest absolute Gasteiger partial charge is 0.356 e. The van der Waals surface area contributed by atoms with Crippen LogP contribution in [0, 0.1) is 0 Å². The fraction of sp³-hybridized carbons (Fsp3) is 0.783. The number of nitrogens with zero attached hydrogens (tertiary/aromatic N) is 2. The normalized spacial score (nSPS) is 29.7. The first-order valence-electron chi connectivity index (χ1n) is 11.6. The van der Waals surface area contributed by atoms with Crippen molar-refractivity contribution in [1.29, 1.82) is 0 Å². The molecular formula is C23H43ClN2P2Si2. The molecule has 3 aliphatic rings. The molecule has 2 heterocycles. The minimum Gasteiger partial charge on any atom is -0.356 e. The standard InChI is InChI=1S/C23H43ClN2P2Si2/c1-17-18(2)20(4)22(5,19(17)3)28-23(29(6,7)8,30(9,10)11)27(24)21(25-28)26-15-13-12-14-16-26/h12-16H2,1-11H3. The third-order valence-electron chi connectivity index (χ3n) is 8.26. The Balaban J connectivity index is 2.31. The van der Waals surface area contributed by atoms with E-state index < -0.39 is 31.5 Å². The van der Waals surface area contributed by atoms with Crippen LogP contribution in [0.2, 0.25) is 39.3 Å². The van der Waals surface area contributed by atoms with Crippen LogP contribution in [0.3, 0.4) is 0 Å². The summed E-state index contributed by atoms with van der Waals surface area (Å²) in [5, 5.41) is 0.0526. The summed E-state index contributed by atoms with van der Waals surface area (Å²) in [6.45, 7) is 29.9. The van der Waals surface area contributed by atoms with Crippen molar-refractivity contribution in [1.82, 2.24) is 4.90 Å². The van der Waals surface area contributed by atoms with Crippen LogP contribution in [0.5, 0.6) is 0 Å². The molecule has 2 unspecified atom stereocenters. The fourth-order valence-electron chi connectivity index (χ4n) is 6.37. The number of rotatable bonds is 3. The van der Waals surface area contributed by atoms with Crippen LogP contribution in [0.25, 0.3) is 0 Å². The van der Waals surface area contributed by atoms with Gasteiger partial charge in [-0.2, -0.15) is 0 Å². The molecule has 0 aromatic rings. The predicted molar refractivity (Wildman–Crippen MR) is 147 cm³/mol. The Morgan fingerprint density at radius 2 is 1.27 bits per heavy atom. The molecule has 2 atom stereocenters. The van der Waals surface area contributed by atoms with Crippen molar-refractivity contribution in [2.24, 2.45) is 4.76 Å². The average molecular weight is 501 g/mol. The number of likely N-dealkylation sites (tertiary alicyclic amines) is 1. The highest BCUT2D eigenvalue weighted by Crippen LogP contribution is 2.87. The number of allylic oxidation sites excluding steroid dienone is 4. The molecule has 1 fully saturated rings. The molecule has 2 nitrogen and oxygen atoms in total. The van der Waals surface area contributed by atoms with E-state index in [0.29, 0.717) is 0 Å². The van der Waals surface area contributed by atoms with E-state index in [9.17, 15) is 0 Å². The van der Waals surface area contributed by atoms with E-state index in [2.05, 4.69) is 78.8 Å². The van der Waals surface area contributed by atoms with E-state index in [4.69, 9.17) is 16.0 Å². The lowest BCUT2D eigenvalue weighted by molar-refractivity contribution is 0.348. The molecule has 1 aliphatic carbocycles. The van der Waals surface area contributed by atoms with E-state index in [1.54, 1.807) is 11.1 Å². The molecular weight excluding hydrogens is 458 g/mol. The summed E-state index contributed by atoms with van der Waals surface area (Å²) in [5.74, 6) is 0. The molecule has 3 rings (SSSR count). The maximum Gasteiger partial charge on any atom is 0.142 e. The van der Waals surface area contributed by atoms with Crippen LogP contribution < -0.4 is 0 Å². The lowest BCUT2D eigenvalue weighted by atomic mass is 9.98. The lowest BCUT2D eigenvalue weighted by Crippen LogP contribution is -2.64. The second-order valence-electron chi connectivity index (χ2n) is 11.8. The zero-order valence-electron chi connectivity index (χ0n) is 21.2. The Bertz CT molecular complexity index is 776. The molecule has 7 heteroatoms. The van der Waals surface area contributed by atoms with E-state index in [-0.39, 0.29) is 9.30 Å². The second kappa shape index (κ2) is 8.09. The number of hydrogen-bond donors (Lipinski definition) is 0. The molecule has 170 valence electrons. The zero-order chi connectivity index (χ0) is 22.9. The van der Waals surface area contributed by atoms with Gasteiger partial charge < -0.3 is 4.90 Å². The first kappa shape index (κ1) is 25.2. The molecule has 0 spiro atoms. The van der Waals surface area contributed by atoms with Crippen LogP contribution >= 0.6 is 26.6 Å². The minimum atomic E-state index is -1.66. The van der Waals surface area contributed by atoms with E-state index in [0.717, 1.165) is 13.1 Å². The van der Waals surface area contributed by atoms with Crippen LogP contribution in [0.1, 0.15) is 53.9 Å². The molecule has 0 aromatic carbocycles. The van der Waals surface area contributed by atoms with Crippen LogP contribution in [-0.2, 0) is 0 Å². The van der Waals surface area contributed by atoms with Gasteiger partial charge in [-0.3, -0.25) is 0 Å². The van der Waals surface area contributed by atoms with Gasteiger partial charge in [-0.25, -0.2) is 4.76 Å². The predicted octanol–water partition coefficient (Wildman–Crippen LogP) is 8.77. The number of hydrogen-bond acceptors (Lipinski definition) is 2. The van der Waals surface area contributed by atoms with Crippen LogP contribution in [0.4, 0.5) is 0 Å². The molecule has 1 saturated heterocycles. The van der Waals surface area contributed by atoms with Gasteiger partial charge in [0, 0.05) is 25.3 Å². The van der Waals surface area contributed by atoms with Gasteiger partial charge in [0.05, 0.1) is 28.6 Å². The lowest BCUT2D eigenvalue weighted by Gasteiger charge is -2.57. The van der Waals surface area contributed by atoms with E-state index in [1.807, 2.05) is 0 Å². The summed E-state index contributed by atoms with van der Waals surface area (Å²) in [6.07, 6.45) is 3.93. The summed E-state index contributed by atoms with van der Waals surface area (Å²) >= 11 is 7.75. The SMILES string of the molecule is CC1=C(C)C(C)(P2N=C(N3CCCCC3)P(Cl)C2([Si](C)(C)C)[Si](C)(C)C)C(C)=C1C. The van der Waals surface area contributed by atoms with Crippen molar-refractivity contribution in [2.75, 3.05) is 13.1 Å². The first-order valence-corrected chi connectivity index (χ1v) is 22.1. The third kappa shape index (κ3) is 3.34. The summed E-state index contributed by atoms with van der Waals surface area (Å²) in [5.41, 5.74) is 7.45. The Labute approximate surface area is 195 Å². The Kier molecular flexibility index (Phi) is 6.78. The van der Waals surface area contributed by atoms with Crippen molar-refractivity contribution >= 4 is 48.3 Å². The van der Waals surface area contributed by atoms with E-state index >= 15 is 0 Å². The Morgan fingerprint density at radius 3 is 1.67 bits per heavy atom. The van der Waals surface area contributed by atoms with Crippen molar-refractivity contribution in [3.63, 3.8) is 0 Å². The average Bonchev–Trinajstić information content (AvgIpc) is 3.05. The monoisotopic (exact) mass is 500 g/mol. The van der Waals surface area contributed by atoms with Gasteiger partial charge >= 0.3 is 0 Å². The summed E-state index contributed by atoms with van der Waals surface area (Å²) in [4.78, 5) is 2.61. The number of halogens is 1. The topological polar surface area (TPSA) is 15.6 Å². The molecule has 0 N–H and O–H groups in total. The summed E-state index contributed by atoms with van der Waals surface area (Å²) in [7, 11) is -4.73. The second-order valence-corrected chi connectivity index (χ2v) is 29.9. The molecule has 30 heavy (non-hydrogen) atoms. The fourth-order valence-corrected chi connectivity index (χ4v) is 38.5. The number of piperidine rings is 1. The third-order valence-corrected chi connectivity index (χ3v) is 35.2. The maximum atomic E-state index is 7.75. The van der Waals surface area contributed by atoms with Gasteiger partial charge in [-0.15, -0.1) is 0 Å². The molecule has 0 amide bonds. The van der Waals surface area contributed by atoms with Gasteiger partial charge in [-0.1, -0.05) is 61.7 Å². The van der Waals surface area contributed by atoms with Gasteiger partial charge in [0.25, 0.3) is 0 Å². The van der Waals surface area contributed by atoms with Gasteiger partial charge in [0.15, 0.2) is 0 Å². The zero-order valence-corrected chi connectivity index (χ0v) is 25.7. The Morgan fingerprint density at radius 1 is 0.833 bits per heavy atom. The highest BCUT2D eigenvalue weighted by atomic mass is 35.7. The first-order chi connectivity index (χ1) is 13.6. The molecule has 2 aliphatic heterocycles. The number of amidine groups is 1. The van der Waals surface area contributed by atoms with E-state index in [1.165, 1.54) is 36.0 Å². The minimum absolute atomic E-state index is 0.0526. The molecule has 0 aromatic heterocycles. The molecule has 0 radical (unpaired) electrons. The summed E-state index contributed by atoms with van der Waals surface area (Å²) < 4.78 is 6.05. The van der Waals surface area contributed by atoms with Crippen molar-refractivity contribution in [2.45, 2.75) is 102 Å². The Hall–Kier alpha value is 0.534. The summed E-state index contributed by atoms with van der Waals surface area (Å²) in [6, 6.07) is 0. The van der Waals surface area contributed by atoms with Crippen molar-refractivity contribution in [3.05, 3.63) is 22.3 Å². The van der Waals surface area contributed by atoms with Gasteiger partial charge in [0.2, 0.25) is 0 Å². The molecule has 0 saturated carbocycles. The van der Waals surface area contributed by atoms with Crippen LogP contribution in [-0.4, -0.2) is 49.0 Å².